The van der Waals surface area contributed by atoms with Crippen molar-refractivity contribution in [1.82, 2.24) is 15.3 Å². The van der Waals surface area contributed by atoms with E-state index in [0.717, 1.165) is 34.9 Å². The molecule has 2 rings (SSSR count). The van der Waals surface area contributed by atoms with Crippen molar-refractivity contribution in [2.24, 2.45) is 0 Å². The highest BCUT2D eigenvalue weighted by Crippen LogP contribution is 2.29. The number of rotatable bonds is 6. The number of likely N-dealkylation sites (N-methyl/N-ethyl adjacent to an activating group) is 1. The van der Waals surface area contributed by atoms with Gasteiger partial charge < -0.3 is 15.5 Å². The minimum atomic E-state index is 0.823. The van der Waals surface area contributed by atoms with Crippen molar-refractivity contribution in [3.05, 3.63) is 41.1 Å². The molecule has 0 amide bonds. The minimum Gasteiger partial charge on any atom is -0.369 e. The molecule has 0 fully saturated rings. The molecular formula is C14H18BrN5. The first-order valence-electron chi connectivity index (χ1n) is 6.41. The molecule has 0 radical (unpaired) electrons. The van der Waals surface area contributed by atoms with Crippen LogP contribution in [0, 0.1) is 0 Å². The van der Waals surface area contributed by atoms with Gasteiger partial charge in [-0.2, -0.15) is 0 Å². The van der Waals surface area contributed by atoms with Gasteiger partial charge in [0.2, 0.25) is 0 Å². The summed E-state index contributed by atoms with van der Waals surface area (Å²) in [5, 5.41) is 6.34. The summed E-state index contributed by atoms with van der Waals surface area (Å²) in [5.74, 6) is 1.67. The number of benzene rings is 1. The van der Waals surface area contributed by atoms with Crippen molar-refractivity contribution in [3.8, 4) is 0 Å². The SMILES string of the molecule is CNCCNc1cc(N(C)c2ccccc2Br)ncn1. The van der Waals surface area contributed by atoms with Crippen molar-refractivity contribution in [3.63, 3.8) is 0 Å². The number of para-hydroxylation sites is 1. The van der Waals surface area contributed by atoms with Crippen molar-refractivity contribution < 1.29 is 0 Å². The van der Waals surface area contributed by atoms with Crippen LogP contribution in [0.5, 0.6) is 0 Å². The van der Waals surface area contributed by atoms with Gasteiger partial charge in [-0.05, 0) is 35.1 Å². The molecule has 5 nitrogen and oxygen atoms in total. The molecule has 0 bridgehead atoms. The molecule has 0 unspecified atom stereocenters. The predicted octanol–water partition coefficient (Wildman–Crippen LogP) is 2.64. The molecule has 0 aliphatic carbocycles. The molecule has 0 atom stereocenters. The standard InChI is InChI=1S/C14H18BrN5/c1-16-7-8-17-13-9-14(19-10-18-13)20(2)12-6-4-3-5-11(12)15/h3-6,9-10,16H,7-8H2,1-2H3,(H,17,18,19). The third-order valence-corrected chi connectivity index (χ3v) is 3.56. The van der Waals surface area contributed by atoms with Gasteiger partial charge in [-0.1, -0.05) is 12.1 Å². The topological polar surface area (TPSA) is 53.1 Å². The number of halogens is 1. The lowest BCUT2D eigenvalue weighted by molar-refractivity contribution is 0.820. The first-order chi connectivity index (χ1) is 9.72. The zero-order chi connectivity index (χ0) is 14.4. The summed E-state index contributed by atoms with van der Waals surface area (Å²) in [6.07, 6.45) is 1.57. The van der Waals surface area contributed by atoms with Crippen LogP contribution in [0.2, 0.25) is 0 Å². The molecular weight excluding hydrogens is 318 g/mol. The highest BCUT2D eigenvalue weighted by molar-refractivity contribution is 9.10. The zero-order valence-electron chi connectivity index (χ0n) is 11.6. The van der Waals surface area contributed by atoms with Crippen LogP contribution in [0.1, 0.15) is 0 Å². The van der Waals surface area contributed by atoms with Gasteiger partial charge in [0.05, 0.1) is 5.69 Å². The first kappa shape index (κ1) is 14.7. The molecule has 0 saturated heterocycles. The second-order valence-corrected chi connectivity index (χ2v) is 5.16. The molecule has 2 N–H and O–H groups in total. The molecule has 1 aromatic carbocycles. The Morgan fingerprint density at radius 2 is 2.00 bits per heavy atom. The van der Waals surface area contributed by atoms with Crippen LogP contribution in [0.15, 0.2) is 41.1 Å². The van der Waals surface area contributed by atoms with E-state index in [4.69, 9.17) is 0 Å². The normalized spacial score (nSPS) is 10.3. The van der Waals surface area contributed by atoms with E-state index >= 15 is 0 Å². The fourth-order valence-electron chi connectivity index (χ4n) is 1.79. The van der Waals surface area contributed by atoms with E-state index in [0.29, 0.717) is 0 Å². The molecule has 0 saturated carbocycles. The summed E-state index contributed by atoms with van der Waals surface area (Å²) in [7, 11) is 3.91. The van der Waals surface area contributed by atoms with Gasteiger partial charge in [0.1, 0.15) is 18.0 Å². The van der Waals surface area contributed by atoms with E-state index in [2.05, 4.69) is 36.5 Å². The Kier molecular flexibility index (Phi) is 5.31. The van der Waals surface area contributed by atoms with Gasteiger partial charge >= 0.3 is 0 Å². The molecule has 2 aromatic rings. The zero-order valence-corrected chi connectivity index (χ0v) is 13.2. The number of hydrogen-bond acceptors (Lipinski definition) is 5. The monoisotopic (exact) mass is 335 g/mol. The largest absolute Gasteiger partial charge is 0.369 e. The Balaban J connectivity index is 2.16. The molecule has 6 heteroatoms. The minimum absolute atomic E-state index is 0.823. The van der Waals surface area contributed by atoms with E-state index in [1.807, 2.05) is 49.3 Å². The second kappa shape index (κ2) is 7.21. The van der Waals surface area contributed by atoms with Crippen molar-refractivity contribution in [1.29, 1.82) is 0 Å². The summed E-state index contributed by atoms with van der Waals surface area (Å²) < 4.78 is 1.03. The van der Waals surface area contributed by atoms with Crippen molar-refractivity contribution in [2.45, 2.75) is 0 Å². The maximum Gasteiger partial charge on any atom is 0.138 e. The van der Waals surface area contributed by atoms with Gasteiger partial charge in [-0.3, -0.25) is 0 Å². The molecule has 0 aliphatic heterocycles. The van der Waals surface area contributed by atoms with Crippen LogP contribution in [0.3, 0.4) is 0 Å². The van der Waals surface area contributed by atoms with Crippen molar-refractivity contribution in [2.75, 3.05) is 37.4 Å². The Morgan fingerprint density at radius 3 is 2.75 bits per heavy atom. The van der Waals surface area contributed by atoms with Crippen LogP contribution in [0.4, 0.5) is 17.3 Å². The number of nitrogens with one attached hydrogen (secondary N) is 2. The number of aromatic nitrogens is 2. The lowest BCUT2D eigenvalue weighted by atomic mass is 10.3. The molecule has 0 aliphatic rings. The Morgan fingerprint density at radius 1 is 1.20 bits per heavy atom. The van der Waals surface area contributed by atoms with E-state index in [-0.39, 0.29) is 0 Å². The van der Waals surface area contributed by atoms with Gasteiger partial charge in [-0.15, -0.1) is 0 Å². The summed E-state index contributed by atoms with van der Waals surface area (Å²) >= 11 is 3.56. The number of hydrogen-bond donors (Lipinski definition) is 2. The van der Waals surface area contributed by atoms with Crippen LogP contribution < -0.4 is 15.5 Å². The van der Waals surface area contributed by atoms with Gasteiger partial charge in [0, 0.05) is 30.7 Å². The average molecular weight is 336 g/mol. The molecule has 1 heterocycles. The van der Waals surface area contributed by atoms with Crippen molar-refractivity contribution >= 4 is 33.3 Å². The Labute approximate surface area is 127 Å². The van der Waals surface area contributed by atoms with Crippen LogP contribution >= 0.6 is 15.9 Å². The summed E-state index contributed by atoms with van der Waals surface area (Å²) in [5.41, 5.74) is 1.06. The molecule has 106 valence electrons. The van der Waals surface area contributed by atoms with Crippen LogP contribution in [-0.2, 0) is 0 Å². The fourth-order valence-corrected chi connectivity index (χ4v) is 2.34. The molecule has 20 heavy (non-hydrogen) atoms. The lowest BCUT2D eigenvalue weighted by Gasteiger charge is -2.20. The highest BCUT2D eigenvalue weighted by atomic mass is 79.9. The van der Waals surface area contributed by atoms with Crippen LogP contribution in [0.25, 0.3) is 0 Å². The fraction of sp³-hybridized carbons (Fsp3) is 0.286. The van der Waals surface area contributed by atoms with Gasteiger partial charge in [0.15, 0.2) is 0 Å². The summed E-state index contributed by atoms with van der Waals surface area (Å²) in [6.45, 7) is 1.71. The number of nitrogens with zero attached hydrogens (tertiary/aromatic N) is 3. The van der Waals surface area contributed by atoms with E-state index in [1.165, 1.54) is 0 Å². The predicted molar refractivity (Wildman–Crippen MR) is 86.7 cm³/mol. The smallest absolute Gasteiger partial charge is 0.138 e. The van der Waals surface area contributed by atoms with E-state index in [9.17, 15) is 0 Å². The van der Waals surface area contributed by atoms with E-state index in [1.54, 1.807) is 6.33 Å². The third kappa shape index (κ3) is 3.68. The first-order valence-corrected chi connectivity index (χ1v) is 7.20. The lowest BCUT2D eigenvalue weighted by Crippen LogP contribution is -2.19. The molecule has 0 spiro atoms. The van der Waals surface area contributed by atoms with E-state index < -0.39 is 0 Å². The second-order valence-electron chi connectivity index (χ2n) is 4.30. The Bertz CT molecular complexity index is 561. The van der Waals surface area contributed by atoms with Crippen LogP contribution in [-0.4, -0.2) is 37.2 Å². The summed E-state index contributed by atoms with van der Waals surface area (Å²) in [4.78, 5) is 10.6. The highest BCUT2D eigenvalue weighted by Gasteiger charge is 2.09. The third-order valence-electron chi connectivity index (χ3n) is 2.89. The maximum atomic E-state index is 4.32. The molecule has 1 aromatic heterocycles. The average Bonchev–Trinajstić information content (AvgIpc) is 2.48. The van der Waals surface area contributed by atoms with Gasteiger partial charge in [-0.25, -0.2) is 9.97 Å². The van der Waals surface area contributed by atoms with Gasteiger partial charge in [0.25, 0.3) is 0 Å². The maximum absolute atomic E-state index is 4.32. The quantitative estimate of drug-likeness (QED) is 0.795. The number of anilines is 3. The summed E-state index contributed by atoms with van der Waals surface area (Å²) in [6, 6.07) is 9.99. The Hall–Kier alpha value is -1.66.